The van der Waals surface area contributed by atoms with Crippen molar-refractivity contribution in [3.8, 4) is 5.88 Å². The lowest BCUT2D eigenvalue weighted by molar-refractivity contribution is 0.0732. The van der Waals surface area contributed by atoms with E-state index < -0.39 is 5.97 Å². The SMILES string of the molecule is O=C(Oc1ccccn1)c1cncs1. The van der Waals surface area contributed by atoms with Gasteiger partial charge in [0, 0.05) is 12.3 Å². The number of pyridine rings is 1. The summed E-state index contributed by atoms with van der Waals surface area (Å²) in [6.07, 6.45) is 3.03. The summed E-state index contributed by atoms with van der Waals surface area (Å²) in [5.41, 5.74) is 1.58. The average molecular weight is 206 g/mol. The van der Waals surface area contributed by atoms with Crippen LogP contribution in [0.5, 0.6) is 5.88 Å². The number of hydrogen-bond acceptors (Lipinski definition) is 5. The van der Waals surface area contributed by atoms with Crippen molar-refractivity contribution >= 4 is 17.3 Å². The molecule has 0 spiro atoms. The third-order valence-electron chi connectivity index (χ3n) is 1.47. The van der Waals surface area contributed by atoms with E-state index in [-0.39, 0.29) is 0 Å². The van der Waals surface area contributed by atoms with E-state index in [2.05, 4.69) is 9.97 Å². The summed E-state index contributed by atoms with van der Waals surface area (Å²) >= 11 is 1.24. The van der Waals surface area contributed by atoms with Crippen molar-refractivity contribution in [1.82, 2.24) is 9.97 Å². The molecule has 0 aromatic carbocycles. The van der Waals surface area contributed by atoms with E-state index >= 15 is 0 Å². The molecule has 5 heteroatoms. The fourth-order valence-corrected chi connectivity index (χ4v) is 1.36. The molecule has 0 aliphatic heterocycles. The van der Waals surface area contributed by atoms with E-state index in [4.69, 9.17) is 4.74 Å². The van der Waals surface area contributed by atoms with E-state index in [1.807, 2.05) is 0 Å². The number of thiazole rings is 1. The Morgan fingerprint density at radius 2 is 2.36 bits per heavy atom. The summed E-state index contributed by atoms with van der Waals surface area (Å²) in [5, 5.41) is 0. The number of hydrogen-bond donors (Lipinski definition) is 0. The highest BCUT2D eigenvalue weighted by Crippen LogP contribution is 2.10. The third kappa shape index (κ3) is 1.94. The molecule has 0 unspecified atom stereocenters. The van der Waals surface area contributed by atoms with Crippen LogP contribution in [-0.2, 0) is 0 Å². The minimum Gasteiger partial charge on any atom is -0.403 e. The van der Waals surface area contributed by atoms with Crippen LogP contribution in [0.3, 0.4) is 0 Å². The summed E-state index contributed by atoms with van der Waals surface area (Å²) in [7, 11) is 0. The Morgan fingerprint density at radius 3 is 3.00 bits per heavy atom. The molecule has 2 heterocycles. The lowest BCUT2D eigenvalue weighted by atomic mass is 10.5. The molecule has 0 aliphatic carbocycles. The predicted octanol–water partition coefficient (Wildman–Crippen LogP) is 1.76. The monoisotopic (exact) mass is 206 g/mol. The van der Waals surface area contributed by atoms with Gasteiger partial charge in [-0.3, -0.25) is 4.98 Å². The van der Waals surface area contributed by atoms with Crippen LogP contribution in [0.2, 0.25) is 0 Å². The van der Waals surface area contributed by atoms with Gasteiger partial charge in [-0.2, -0.15) is 0 Å². The first-order chi connectivity index (χ1) is 6.86. The second-order valence-electron chi connectivity index (χ2n) is 2.42. The maximum atomic E-state index is 11.4. The van der Waals surface area contributed by atoms with E-state index in [9.17, 15) is 4.79 Å². The van der Waals surface area contributed by atoms with Gasteiger partial charge in [0.2, 0.25) is 5.88 Å². The maximum absolute atomic E-state index is 11.4. The fourth-order valence-electron chi connectivity index (χ4n) is 0.869. The van der Waals surface area contributed by atoms with Gasteiger partial charge in [-0.25, -0.2) is 9.78 Å². The first-order valence-electron chi connectivity index (χ1n) is 3.88. The van der Waals surface area contributed by atoms with Gasteiger partial charge < -0.3 is 4.74 Å². The molecule has 0 amide bonds. The molecule has 0 atom stereocenters. The maximum Gasteiger partial charge on any atom is 0.356 e. The van der Waals surface area contributed by atoms with Crippen molar-refractivity contribution in [2.75, 3.05) is 0 Å². The van der Waals surface area contributed by atoms with Crippen molar-refractivity contribution in [2.45, 2.75) is 0 Å². The summed E-state index contributed by atoms with van der Waals surface area (Å²) in [6.45, 7) is 0. The zero-order valence-electron chi connectivity index (χ0n) is 7.08. The van der Waals surface area contributed by atoms with Crippen LogP contribution in [0.25, 0.3) is 0 Å². The number of nitrogens with zero attached hydrogens (tertiary/aromatic N) is 2. The standard InChI is InChI=1S/C9H6N2O2S/c12-9(7-5-10-6-14-7)13-8-3-1-2-4-11-8/h1-6H. The van der Waals surface area contributed by atoms with Gasteiger partial charge in [0.15, 0.2) is 0 Å². The summed E-state index contributed by atoms with van der Waals surface area (Å²) < 4.78 is 4.98. The zero-order chi connectivity index (χ0) is 9.80. The molecule has 0 saturated heterocycles. The van der Waals surface area contributed by atoms with Gasteiger partial charge in [-0.15, -0.1) is 11.3 Å². The lowest BCUT2D eigenvalue weighted by Crippen LogP contribution is -2.07. The van der Waals surface area contributed by atoms with Gasteiger partial charge in [-0.1, -0.05) is 6.07 Å². The lowest BCUT2D eigenvalue weighted by Gasteiger charge is -1.99. The van der Waals surface area contributed by atoms with Crippen molar-refractivity contribution in [1.29, 1.82) is 0 Å². The largest absolute Gasteiger partial charge is 0.403 e. The Kier molecular flexibility index (Phi) is 2.51. The summed E-state index contributed by atoms with van der Waals surface area (Å²) in [6, 6.07) is 5.13. The molecule has 2 aromatic rings. The topological polar surface area (TPSA) is 52.1 Å². The highest BCUT2D eigenvalue weighted by atomic mass is 32.1. The molecule has 2 aromatic heterocycles. The van der Waals surface area contributed by atoms with Crippen molar-refractivity contribution in [2.24, 2.45) is 0 Å². The third-order valence-corrected chi connectivity index (χ3v) is 2.22. The average Bonchev–Trinajstić information content (AvgIpc) is 2.72. The predicted molar refractivity (Wildman–Crippen MR) is 51.3 cm³/mol. The Balaban J connectivity index is 2.10. The van der Waals surface area contributed by atoms with Gasteiger partial charge in [0.1, 0.15) is 4.88 Å². The highest BCUT2D eigenvalue weighted by Gasteiger charge is 2.09. The molecule has 2 rings (SSSR count). The first-order valence-corrected chi connectivity index (χ1v) is 4.76. The Morgan fingerprint density at radius 1 is 1.43 bits per heavy atom. The Hall–Kier alpha value is -1.75. The van der Waals surface area contributed by atoms with Crippen LogP contribution in [0.4, 0.5) is 0 Å². The highest BCUT2D eigenvalue weighted by molar-refractivity contribution is 7.11. The molecular weight excluding hydrogens is 200 g/mol. The fraction of sp³-hybridized carbons (Fsp3) is 0. The molecule has 0 saturated carbocycles. The molecule has 0 fully saturated rings. The summed E-state index contributed by atoms with van der Waals surface area (Å²) in [5.74, 6) is -0.128. The minimum absolute atomic E-state index is 0.297. The van der Waals surface area contributed by atoms with Crippen LogP contribution in [0.15, 0.2) is 36.1 Å². The van der Waals surface area contributed by atoms with Crippen LogP contribution in [-0.4, -0.2) is 15.9 Å². The normalized spacial score (nSPS) is 9.71. The molecule has 70 valence electrons. The van der Waals surface area contributed by atoms with E-state index in [0.29, 0.717) is 10.8 Å². The first kappa shape index (κ1) is 8.83. The smallest absolute Gasteiger partial charge is 0.356 e. The van der Waals surface area contributed by atoms with Crippen LogP contribution in [0, 0.1) is 0 Å². The molecule has 0 radical (unpaired) electrons. The van der Waals surface area contributed by atoms with E-state index in [0.717, 1.165) is 0 Å². The number of esters is 1. The van der Waals surface area contributed by atoms with Crippen LogP contribution < -0.4 is 4.74 Å². The molecule has 14 heavy (non-hydrogen) atoms. The minimum atomic E-state index is -0.425. The van der Waals surface area contributed by atoms with Gasteiger partial charge in [-0.05, 0) is 6.07 Å². The molecule has 0 bridgehead atoms. The van der Waals surface area contributed by atoms with Crippen LogP contribution in [0.1, 0.15) is 9.67 Å². The molecule has 4 nitrogen and oxygen atoms in total. The van der Waals surface area contributed by atoms with Gasteiger partial charge in [0.25, 0.3) is 0 Å². The Labute approximate surface area is 84.2 Å². The Bertz CT molecular complexity index is 414. The van der Waals surface area contributed by atoms with Crippen molar-refractivity contribution < 1.29 is 9.53 Å². The number of ether oxygens (including phenoxy) is 1. The quantitative estimate of drug-likeness (QED) is 0.702. The molecule has 0 N–H and O–H groups in total. The second kappa shape index (κ2) is 3.97. The molecular formula is C9H6N2O2S. The van der Waals surface area contributed by atoms with Gasteiger partial charge in [0.05, 0.1) is 11.7 Å². The number of carbonyl (C=O) groups is 1. The number of rotatable bonds is 2. The zero-order valence-corrected chi connectivity index (χ0v) is 7.90. The van der Waals surface area contributed by atoms with E-state index in [1.54, 1.807) is 29.9 Å². The number of carbonyl (C=O) groups excluding carboxylic acids is 1. The molecule has 0 aliphatic rings. The number of aromatic nitrogens is 2. The van der Waals surface area contributed by atoms with Crippen LogP contribution >= 0.6 is 11.3 Å². The van der Waals surface area contributed by atoms with Gasteiger partial charge >= 0.3 is 5.97 Å². The second-order valence-corrected chi connectivity index (χ2v) is 3.31. The summed E-state index contributed by atoms with van der Waals surface area (Å²) in [4.78, 5) is 19.5. The van der Waals surface area contributed by atoms with Crippen molar-refractivity contribution in [3.63, 3.8) is 0 Å². The van der Waals surface area contributed by atoms with Crippen molar-refractivity contribution in [3.05, 3.63) is 41.0 Å². The van der Waals surface area contributed by atoms with E-state index in [1.165, 1.54) is 17.5 Å².